The minimum absolute atomic E-state index is 0.367. The van der Waals surface area contributed by atoms with E-state index >= 15 is 0 Å². The van der Waals surface area contributed by atoms with Crippen molar-refractivity contribution in [3.05, 3.63) is 71.8 Å². The summed E-state index contributed by atoms with van der Waals surface area (Å²) in [5.41, 5.74) is 1.96. The van der Waals surface area contributed by atoms with E-state index in [0.717, 1.165) is 11.1 Å². The normalized spacial score (nSPS) is 12.1. The van der Waals surface area contributed by atoms with Gasteiger partial charge in [-0.25, -0.2) is 0 Å². The van der Waals surface area contributed by atoms with Gasteiger partial charge in [0.25, 0.3) is 0 Å². The zero-order chi connectivity index (χ0) is 12.6. The lowest BCUT2D eigenvalue weighted by molar-refractivity contribution is -0.0984. The van der Waals surface area contributed by atoms with E-state index in [1.807, 2.05) is 60.7 Å². The van der Waals surface area contributed by atoms with E-state index in [-0.39, 0.29) is 7.69 Å². The summed E-state index contributed by atoms with van der Waals surface area (Å²) in [7, 11) is -0.367. The highest BCUT2D eigenvalue weighted by Crippen LogP contribution is 2.19. The minimum Gasteiger partial charge on any atom is -0.430 e. The third-order valence-electron chi connectivity index (χ3n) is 2.54. The first-order chi connectivity index (χ1) is 8.90. The third kappa shape index (κ3) is 3.70. The molecule has 0 aliphatic rings. The molecule has 1 unspecified atom stereocenters. The van der Waals surface area contributed by atoms with Crippen LogP contribution in [0.1, 0.15) is 17.4 Å². The van der Waals surface area contributed by atoms with Crippen LogP contribution in [-0.2, 0) is 16.0 Å². The molecule has 0 aliphatic heterocycles. The predicted molar refractivity (Wildman–Crippen MR) is 70.9 cm³/mol. The maximum atomic E-state index is 8.89. The molecule has 0 spiro atoms. The minimum atomic E-state index is -0.545. The maximum Gasteiger partial charge on any atom is 0.437 e. The van der Waals surface area contributed by atoms with Crippen molar-refractivity contribution in [1.29, 1.82) is 0 Å². The summed E-state index contributed by atoms with van der Waals surface area (Å²) < 4.78 is 10.9. The molecule has 0 amide bonds. The maximum absolute atomic E-state index is 8.89. The topological polar surface area (TPSA) is 38.7 Å². The molecular weight excluding hydrogens is 227 g/mol. The molecule has 0 aromatic heterocycles. The van der Waals surface area contributed by atoms with Crippen LogP contribution in [0.2, 0.25) is 0 Å². The molecule has 0 saturated heterocycles. The highest BCUT2D eigenvalue weighted by Gasteiger charge is 2.11. The van der Waals surface area contributed by atoms with Crippen LogP contribution in [0, 0.1) is 0 Å². The van der Waals surface area contributed by atoms with Gasteiger partial charge in [-0.05, 0) is 5.56 Å². The van der Waals surface area contributed by atoms with E-state index in [0.29, 0.717) is 6.61 Å². The van der Waals surface area contributed by atoms with Gasteiger partial charge >= 0.3 is 7.69 Å². The summed E-state index contributed by atoms with van der Waals surface area (Å²) in [5.74, 6) is 0. The number of hydrogen-bond acceptors (Lipinski definition) is 3. The Kier molecular flexibility index (Phi) is 4.96. The fraction of sp³-hybridized carbons (Fsp3) is 0.143. The van der Waals surface area contributed by atoms with Crippen LogP contribution in [0.4, 0.5) is 0 Å². The second-order valence-corrected chi connectivity index (χ2v) is 3.83. The molecule has 0 saturated carbocycles. The molecule has 2 aromatic rings. The molecule has 1 atom stereocenters. The summed E-state index contributed by atoms with van der Waals surface area (Å²) in [6.45, 7) is 0.445. The standard InChI is InChI=1S/C14H15BO3/c16-15-18-14(13-9-5-2-6-10-13)17-11-12-7-3-1-4-8-12/h1-10,14-16H,11H2. The van der Waals surface area contributed by atoms with Gasteiger partial charge in [0.15, 0.2) is 6.29 Å². The zero-order valence-corrected chi connectivity index (χ0v) is 10.0. The van der Waals surface area contributed by atoms with Crippen molar-refractivity contribution in [3.8, 4) is 0 Å². The molecule has 0 fully saturated rings. The van der Waals surface area contributed by atoms with E-state index < -0.39 is 6.29 Å². The first-order valence-corrected chi connectivity index (χ1v) is 5.83. The van der Waals surface area contributed by atoms with Gasteiger partial charge in [-0.2, -0.15) is 0 Å². The Hall–Kier alpha value is -1.62. The number of rotatable bonds is 6. The highest BCUT2D eigenvalue weighted by atomic mass is 16.7. The third-order valence-corrected chi connectivity index (χ3v) is 2.54. The van der Waals surface area contributed by atoms with Crippen molar-refractivity contribution in [2.45, 2.75) is 12.9 Å². The number of hydrogen-bond donors (Lipinski definition) is 1. The average molecular weight is 242 g/mol. The first-order valence-electron chi connectivity index (χ1n) is 5.83. The van der Waals surface area contributed by atoms with E-state index in [1.165, 1.54) is 0 Å². The van der Waals surface area contributed by atoms with Crippen LogP contribution in [0.3, 0.4) is 0 Å². The Balaban J connectivity index is 1.99. The lowest BCUT2D eigenvalue weighted by Crippen LogP contribution is -2.11. The Morgan fingerprint density at radius 1 is 0.944 bits per heavy atom. The molecule has 2 aromatic carbocycles. The van der Waals surface area contributed by atoms with Crippen LogP contribution in [0.5, 0.6) is 0 Å². The van der Waals surface area contributed by atoms with Crippen LogP contribution >= 0.6 is 0 Å². The van der Waals surface area contributed by atoms with Crippen LogP contribution in [0.15, 0.2) is 60.7 Å². The molecule has 0 heterocycles. The average Bonchev–Trinajstić information content (AvgIpc) is 2.45. The molecule has 92 valence electrons. The smallest absolute Gasteiger partial charge is 0.430 e. The van der Waals surface area contributed by atoms with Crippen molar-refractivity contribution in [1.82, 2.24) is 0 Å². The quantitative estimate of drug-likeness (QED) is 0.623. The van der Waals surface area contributed by atoms with E-state index in [4.69, 9.17) is 14.4 Å². The van der Waals surface area contributed by atoms with Gasteiger partial charge in [-0.3, -0.25) is 0 Å². The van der Waals surface area contributed by atoms with Crippen molar-refractivity contribution >= 4 is 7.69 Å². The molecule has 2 rings (SSSR count). The summed E-state index contributed by atoms with van der Waals surface area (Å²) >= 11 is 0. The molecule has 0 radical (unpaired) electrons. The van der Waals surface area contributed by atoms with Gasteiger partial charge in [0.2, 0.25) is 0 Å². The molecule has 1 N–H and O–H groups in total. The van der Waals surface area contributed by atoms with Crippen molar-refractivity contribution in [3.63, 3.8) is 0 Å². The van der Waals surface area contributed by atoms with Gasteiger partial charge in [0.1, 0.15) is 0 Å². The summed E-state index contributed by atoms with van der Waals surface area (Å²) in [6, 6.07) is 19.4. The lowest BCUT2D eigenvalue weighted by Gasteiger charge is -2.17. The van der Waals surface area contributed by atoms with Gasteiger partial charge < -0.3 is 14.4 Å². The largest absolute Gasteiger partial charge is 0.437 e. The van der Waals surface area contributed by atoms with E-state index in [2.05, 4.69) is 0 Å². The summed E-state index contributed by atoms with van der Waals surface area (Å²) in [4.78, 5) is 0. The van der Waals surface area contributed by atoms with Gasteiger partial charge in [0, 0.05) is 5.56 Å². The Morgan fingerprint density at radius 3 is 2.17 bits per heavy atom. The molecule has 18 heavy (non-hydrogen) atoms. The molecule has 4 heteroatoms. The highest BCUT2D eigenvalue weighted by molar-refractivity contribution is 6.15. The fourth-order valence-electron chi connectivity index (χ4n) is 1.66. The Labute approximate surface area is 107 Å². The van der Waals surface area contributed by atoms with Crippen molar-refractivity contribution in [2.75, 3.05) is 0 Å². The van der Waals surface area contributed by atoms with E-state index in [1.54, 1.807) is 0 Å². The lowest BCUT2D eigenvalue weighted by atomic mass is 10.2. The SMILES string of the molecule is OBOC(OCc1ccccc1)c1ccccc1. The summed E-state index contributed by atoms with van der Waals surface area (Å²) in [6.07, 6.45) is -0.545. The van der Waals surface area contributed by atoms with Crippen LogP contribution < -0.4 is 0 Å². The Morgan fingerprint density at radius 2 is 1.56 bits per heavy atom. The van der Waals surface area contributed by atoms with Gasteiger partial charge in [-0.1, -0.05) is 60.7 Å². The van der Waals surface area contributed by atoms with Crippen molar-refractivity contribution < 1.29 is 14.4 Å². The number of benzene rings is 2. The zero-order valence-electron chi connectivity index (χ0n) is 10.0. The van der Waals surface area contributed by atoms with Crippen molar-refractivity contribution in [2.24, 2.45) is 0 Å². The van der Waals surface area contributed by atoms with Gasteiger partial charge in [-0.15, -0.1) is 0 Å². The second-order valence-electron chi connectivity index (χ2n) is 3.83. The first kappa shape index (κ1) is 12.8. The summed E-state index contributed by atoms with van der Waals surface area (Å²) in [5, 5.41) is 8.89. The monoisotopic (exact) mass is 242 g/mol. The molecule has 0 aliphatic carbocycles. The van der Waals surface area contributed by atoms with Crippen LogP contribution in [-0.4, -0.2) is 12.7 Å². The predicted octanol–water partition coefficient (Wildman–Crippen LogP) is 2.18. The van der Waals surface area contributed by atoms with Gasteiger partial charge in [0.05, 0.1) is 6.61 Å². The van der Waals surface area contributed by atoms with E-state index in [9.17, 15) is 0 Å². The fourth-order valence-corrected chi connectivity index (χ4v) is 1.66. The second kappa shape index (κ2) is 6.96. The molecule has 0 bridgehead atoms. The molecular formula is C14H15BO3. The van der Waals surface area contributed by atoms with Crippen LogP contribution in [0.25, 0.3) is 0 Å². The number of ether oxygens (including phenoxy) is 1. The Bertz CT molecular complexity index is 447. The molecule has 3 nitrogen and oxygen atoms in total.